The van der Waals surface area contributed by atoms with Crippen molar-refractivity contribution in [1.29, 1.82) is 0 Å². The van der Waals surface area contributed by atoms with Gasteiger partial charge in [0.2, 0.25) is 5.91 Å². The molecule has 0 spiro atoms. The van der Waals surface area contributed by atoms with Gasteiger partial charge in [-0.15, -0.1) is 0 Å². The van der Waals surface area contributed by atoms with Gasteiger partial charge in [0.15, 0.2) is 0 Å². The van der Waals surface area contributed by atoms with E-state index in [0.717, 1.165) is 12.8 Å². The zero-order valence-electron chi connectivity index (χ0n) is 16.0. The van der Waals surface area contributed by atoms with Crippen LogP contribution >= 0.6 is 23.2 Å². The number of carbonyl (C=O) groups excluding carboxylic acids is 3. The molecular formula is C21H21Cl2N3O4. The molecule has 30 heavy (non-hydrogen) atoms. The molecule has 0 aromatic heterocycles. The Kier molecular flexibility index (Phi) is 7.68. The number of anilines is 1. The van der Waals surface area contributed by atoms with Crippen molar-refractivity contribution in [3.05, 3.63) is 63.6 Å². The van der Waals surface area contributed by atoms with E-state index in [1.165, 1.54) is 6.07 Å². The summed E-state index contributed by atoms with van der Waals surface area (Å²) in [6, 6.07) is 11.1. The maximum atomic E-state index is 12.3. The molecule has 7 nitrogen and oxygen atoms in total. The average Bonchev–Trinajstić information content (AvgIpc) is 3.26. The van der Waals surface area contributed by atoms with Gasteiger partial charge in [-0.3, -0.25) is 14.4 Å². The van der Waals surface area contributed by atoms with Crippen LogP contribution in [0.25, 0.3) is 0 Å². The van der Waals surface area contributed by atoms with Crippen LogP contribution in [-0.2, 0) is 9.53 Å². The summed E-state index contributed by atoms with van der Waals surface area (Å²) >= 11 is 11.9. The van der Waals surface area contributed by atoms with E-state index in [4.69, 9.17) is 27.9 Å². The van der Waals surface area contributed by atoms with Crippen LogP contribution in [-0.4, -0.2) is 43.5 Å². The molecule has 1 fully saturated rings. The first-order valence-electron chi connectivity index (χ1n) is 9.48. The largest absolute Gasteiger partial charge is 0.368 e. The van der Waals surface area contributed by atoms with E-state index in [9.17, 15) is 14.4 Å². The van der Waals surface area contributed by atoms with Gasteiger partial charge in [0, 0.05) is 36.0 Å². The van der Waals surface area contributed by atoms with Crippen LogP contribution in [0.15, 0.2) is 42.5 Å². The Hall–Kier alpha value is -2.61. The molecule has 3 N–H and O–H groups in total. The quantitative estimate of drug-likeness (QED) is 0.565. The number of amides is 3. The molecular weight excluding hydrogens is 429 g/mol. The summed E-state index contributed by atoms with van der Waals surface area (Å²) in [6.07, 6.45) is 1.23. The van der Waals surface area contributed by atoms with Crippen LogP contribution in [0.1, 0.15) is 33.6 Å². The molecule has 0 aliphatic carbocycles. The SMILES string of the molecule is O=C(NCCNC(=O)C1CCCO1)c1ccc(NC(=O)c2ccc(Cl)cc2Cl)cc1. The Morgan fingerprint density at radius 3 is 2.37 bits per heavy atom. The van der Waals surface area contributed by atoms with E-state index < -0.39 is 0 Å². The second kappa shape index (κ2) is 10.4. The molecule has 0 saturated carbocycles. The lowest BCUT2D eigenvalue weighted by Gasteiger charge is -2.11. The average molecular weight is 450 g/mol. The van der Waals surface area contributed by atoms with Gasteiger partial charge >= 0.3 is 0 Å². The summed E-state index contributed by atoms with van der Waals surface area (Å²) in [7, 11) is 0. The minimum atomic E-state index is -0.383. The van der Waals surface area contributed by atoms with E-state index in [1.807, 2.05) is 0 Å². The predicted octanol–water partition coefficient (Wildman–Crippen LogP) is 3.27. The summed E-state index contributed by atoms with van der Waals surface area (Å²) < 4.78 is 5.30. The molecule has 1 aliphatic rings. The van der Waals surface area contributed by atoms with Gasteiger partial charge in [-0.05, 0) is 55.3 Å². The van der Waals surface area contributed by atoms with E-state index in [1.54, 1.807) is 36.4 Å². The minimum absolute atomic E-state index is 0.150. The lowest BCUT2D eigenvalue weighted by atomic mass is 10.1. The Morgan fingerprint density at radius 1 is 0.967 bits per heavy atom. The van der Waals surface area contributed by atoms with Gasteiger partial charge in [-0.2, -0.15) is 0 Å². The second-order valence-electron chi connectivity index (χ2n) is 6.70. The van der Waals surface area contributed by atoms with Crippen LogP contribution in [0.5, 0.6) is 0 Å². The Bertz CT molecular complexity index is 928. The highest BCUT2D eigenvalue weighted by Crippen LogP contribution is 2.22. The van der Waals surface area contributed by atoms with Crippen molar-refractivity contribution in [2.24, 2.45) is 0 Å². The fourth-order valence-corrected chi connectivity index (χ4v) is 3.43. The Labute approximate surface area is 184 Å². The van der Waals surface area contributed by atoms with Gasteiger partial charge in [-0.1, -0.05) is 23.2 Å². The Balaban J connectivity index is 1.45. The van der Waals surface area contributed by atoms with E-state index in [-0.39, 0.29) is 28.8 Å². The standard InChI is InChI=1S/C21H21Cl2N3O4/c22-14-5-8-16(17(23)12-14)20(28)26-15-6-3-13(4-7-15)19(27)24-9-10-25-21(29)18-2-1-11-30-18/h3-8,12,18H,1-2,9-11H2,(H,24,27)(H,25,29)(H,26,28). The van der Waals surface area contributed by atoms with Gasteiger partial charge in [-0.25, -0.2) is 0 Å². The van der Waals surface area contributed by atoms with Crippen molar-refractivity contribution in [3.63, 3.8) is 0 Å². The lowest BCUT2D eigenvalue weighted by Crippen LogP contribution is -2.39. The van der Waals surface area contributed by atoms with Crippen molar-refractivity contribution in [2.75, 3.05) is 25.0 Å². The van der Waals surface area contributed by atoms with Crippen molar-refractivity contribution in [3.8, 4) is 0 Å². The highest BCUT2D eigenvalue weighted by atomic mass is 35.5. The zero-order chi connectivity index (χ0) is 21.5. The van der Waals surface area contributed by atoms with Crippen LogP contribution < -0.4 is 16.0 Å². The molecule has 2 aromatic rings. The van der Waals surface area contributed by atoms with Crippen molar-refractivity contribution < 1.29 is 19.1 Å². The molecule has 3 amide bonds. The van der Waals surface area contributed by atoms with E-state index in [0.29, 0.717) is 41.5 Å². The van der Waals surface area contributed by atoms with E-state index in [2.05, 4.69) is 16.0 Å². The number of nitrogens with one attached hydrogen (secondary N) is 3. The van der Waals surface area contributed by atoms with Crippen LogP contribution in [0, 0.1) is 0 Å². The highest BCUT2D eigenvalue weighted by Gasteiger charge is 2.22. The highest BCUT2D eigenvalue weighted by molar-refractivity contribution is 6.37. The number of halogens is 2. The first-order valence-corrected chi connectivity index (χ1v) is 10.2. The molecule has 158 valence electrons. The summed E-state index contributed by atoms with van der Waals surface area (Å²) in [4.78, 5) is 36.4. The van der Waals surface area contributed by atoms with Gasteiger partial charge in [0.1, 0.15) is 6.10 Å². The minimum Gasteiger partial charge on any atom is -0.368 e. The van der Waals surface area contributed by atoms with Gasteiger partial charge in [0.25, 0.3) is 11.8 Å². The number of hydrogen-bond acceptors (Lipinski definition) is 4. The molecule has 0 radical (unpaired) electrons. The third kappa shape index (κ3) is 5.95. The second-order valence-corrected chi connectivity index (χ2v) is 7.55. The monoisotopic (exact) mass is 449 g/mol. The summed E-state index contributed by atoms with van der Waals surface area (Å²) in [6.45, 7) is 1.23. The number of ether oxygens (including phenoxy) is 1. The molecule has 3 rings (SSSR count). The number of rotatable bonds is 7. The van der Waals surface area contributed by atoms with Crippen molar-refractivity contribution in [1.82, 2.24) is 10.6 Å². The Morgan fingerprint density at radius 2 is 1.70 bits per heavy atom. The lowest BCUT2D eigenvalue weighted by molar-refractivity contribution is -0.129. The molecule has 9 heteroatoms. The fraction of sp³-hybridized carbons (Fsp3) is 0.286. The molecule has 1 heterocycles. The zero-order valence-corrected chi connectivity index (χ0v) is 17.6. The summed E-state index contributed by atoms with van der Waals surface area (Å²) in [5.74, 6) is -0.807. The molecule has 1 saturated heterocycles. The molecule has 0 bridgehead atoms. The topological polar surface area (TPSA) is 96.5 Å². The molecule has 1 atom stereocenters. The first-order chi connectivity index (χ1) is 14.4. The maximum Gasteiger partial charge on any atom is 0.257 e. The molecule has 2 aromatic carbocycles. The predicted molar refractivity (Wildman–Crippen MR) is 115 cm³/mol. The molecule has 1 unspecified atom stereocenters. The summed E-state index contributed by atoms with van der Waals surface area (Å²) in [5, 5.41) is 8.89. The number of hydrogen-bond donors (Lipinski definition) is 3. The third-order valence-electron chi connectivity index (χ3n) is 4.51. The normalized spacial score (nSPS) is 15.5. The van der Waals surface area contributed by atoms with Crippen LogP contribution in [0.2, 0.25) is 10.0 Å². The van der Waals surface area contributed by atoms with E-state index >= 15 is 0 Å². The fourth-order valence-electron chi connectivity index (χ4n) is 2.94. The van der Waals surface area contributed by atoms with Gasteiger partial charge < -0.3 is 20.7 Å². The molecule has 1 aliphatic heterocycles. The maximum absolute atomic E-state index is 12.3. The third-order valence-corrected chi connectivity index (χ3v) is 5.06. The number of benzene rings is 2. The van der Waals surface area contributed by atoms with Crippen LogP contribution in [0.4, 0.5) is 5.69 Å². The van der Waals surface area contributed by atoms with Gasteiger partial charge in [0.05, 0.1) is 10.6 Å². The smallest absolute Gasteiger partial charge is 0.257 e. The van der Waals surface area contributed by atoms with Crippen molar-refractivity contribution >= 4 is 46.6 Å². The summed E-state index contributed by atoms with van der Waals surface area (Å²) in [5.41, 5.74) is 1.25. The van der Waals surface area contributed by atoms with Crippen molar-refractivity contribution in [2.45, 2.75) is 18.9 Å². The number of carbonyl (C=O) groups is 3. The van der Waals surface area contributed by atoms with Crippen LogP contribution in [0.3, 0.4) is 0 Å². The first kappa shape index (κ1) is 22.1.